The van der Waals surface area contributed by atoms with Crippen molar-refractivity contribution in [2.75, 3.05) is 26.2 Å². The van der Waals surface area contributed by atoms with Gasteiger partial charge in [-0.2, -0.15) is 0 Å². The molecule has 33 heavy (non-hydrogen) atoms. The molecule has 2 aliphatic carbocycles. The fraction of sp³-hybridized carbons (Fsp3) is 0.542. The minimum Gasteiger partial charge on any atom is -0.489 e. The Bertz CT molecular complexity index is 877. The summed E-state index contributed by atoms with van der Waals surface area (Å²) in [5, 5.41) is 6.44. The number of carbonyl (C=O) groups is 2. The normalized spacial score (nSPS) is 26.3. The van der Waals surface area contributed by atoms with E-state index in [1.165, 1.54) is 17.0 Å². The van der Waals surface area contributed by atoms with Gasteiger partial charge in [0.2, 0.25) is 11.8 Å². The molecule has 3 aliphatic rings. The summed E-state index contributed by atoms with van der Waals surface area (Å²) < 4.78 is 18.8. The maximum absolute atomic E-state index is 13.0. The molecular weight excluding hydrogens is 538 g/mol. The number of aliphatic imine (C=N–C) groups is 1. The van der Waals surface area contributed by atoms with Gasteiger partial charge in [-0.3, -0.25) is 14.5 Å². The third-order valence-corrected chi connectivity index (χ3v) is 6.41. The van der Waals surface area contributed by atoms with Gasteiger partial charge >= 0.3 is 0 Å². The predicted molar refractivity (Wildman–Crippen MR) is 135 cm³/mol. The third-order valence-electron chi connectivity index (χ3n) is 6.41. The van der Waals surface area contributed by atoms with E-state index in [2.05, 4.69) is 27.8 Å². The zero-order chi connectivity index (χ0) is 22.7. The van der Waals surface area contributed by atoms with Crippen LogP contribution in [-0.4, -0.2) is 55.0 Å². The van der Waals surface area contributed by atoms with Crippen LogP contribution >= 0.6 is 24.0 Å². The van der Waals surface area contributed by atoms with Gasteiger partial charge in [0.05, 0.1) is 18.4 Å². The fourth-order valence-corrected chi connectivity index (χ4v) is 4.97. The van der Waals surface area contributed by atoms with Gasteiger partial charge in [0.25, 0.3) is 0 Å². The van der Waals surface area contributed by atoms with E-state index in [1.54, 1.807) is 12.1 Å². The van der Waals surface area contributed by atoms with E-state index in [0.29, 0.717) is 44.3 Å². The Balaban J connectivity index is 0.00000306. The molecular formula is C24H32FIN4O3. The lowest BCUT2D eigenvalue weighted by Crippen LogP contribution is -2.40. The molecule has 1 aromatic rings. The van der Waals surface area contributed by atoms with Gasteiger partial charge in [-0.25, -0.2) is 9.38 Å². The molecule has 1 saturated carbocycles. The van der Waals surface area contributed by atoms with Gasteiger partial charge < -0.3 is 15.4 Å². The van der Waals surface area contributed by atoms with Gasteiger partial charge in [-0.05, 0) is 62.8 Å². The van der Waals surface area contributed by atoms with Crippen LogP contribution in [0.5, 0.6) is 5.75 Å². The summed E-state index contributed by atoms with van der Waals surface area (Å²) in [7, 11) is 0. The van der Waals surface area contributed by atoms with Crippen molar-refractivity contribution in [3.05, 3.63) is 42.2 Å². The van der Waals surface area contributed by atoms with Crippen molar-refractivity contribution in [3.63, 3.8) is 0 Å². The molecule has 0 aromatic heterocycles. The molecule has 5 unspecified atom stereocenters. The Morgan fingerprint density at radius 2 is 1.79 bits per heavy atom. The first-order valence-electron chi connectivity index (χ1n) is 11.5. The van der Waals surface area contributed by atoms with Crippen LogP contribution in [0.3, 0.4) is 0 Å². The number of imide groups is 1. The predicted octanol–water partition coefficient (Wildman–Crippen LogP) is 2.96. The van der Waals surface area contributed by atoms with Crippen LogP contribution < -0.4 is 15.4 Å². The smallest absolute Gasteiger partial charge is 0.233 e. The number of hydrogen-bond donors (Lipinski definition) is 2. The number of ether oxygens (including phenoxy) is 1. The lowest BCUT2D eigenvalue weighted by atomic mass is 9.85. The first-order chi connectivity index (χ1) is 15.5. The molecule has 2 fully saturated rings. The quantitative estimate of drug-likeness (QED) is 0.119. The Kier molecular flexibility index (Phi) is 8.72. The number of amides is 2. The maximum Gasteiger partial charge on any atom is 0.233 e. The van der Waals surface area contributed by atoms with E-state index in [1.807, 2.05) is 13.8 Å². The zero-order valence-corrected chi connectivity index (χ0v) is 21.3. The Hall–Kier alpha value is -2.17. The van der Waals surface area contributed by atoms with Crippen molar-refractivity contribution in [3.8, 4) is 5.75 Å². The second-order valence-corrected chi connectivity index (χ2v) is 8.71. The number of guanidine groups is 1. The molecule has 2 amide bonds. The van der Waals surface area contributed by atoms with Gasteiger partial charge in [-0.1, -0.05) is 12.2 Å². The number of halogens is 2. The number of nitrogens with zero attached hydrogens (tertiary/aromatic N) is 2. The second kappa shape index (κ2) is 11.3. The van der Waals surface area contributed by atoms with Crippen molar-refractivity contribution < 1.29 is 18.7 Å². The van der Waals surface area contributed by atoms with Gasteiger partial charge in [0.15, 0.2) is 5.96 Å². The summed E-state index contributed by atoms with van der Waals surface area (Å²) in [4.78, 5) is 31.5. The highest BCUT2D eigenvalue weighted by Gasteiger charge is 2.58. The zero-order valence-electron chi connectivity index (χ0n) is 19.0. The van der Waals surface area contributed by atoms with Gasteiger partial charge in [-0.15, -0.1) is 24.0 Å². The minimum absolute atomic E-state index is 0. The molecule has 9 heteroatoms. The lowest BCUT2D eigenvalue weighted by Gasteiger charge is -2.18. The Morgan fingerprint density at radius 1 is 1.15 bits per heavy atom. The highest BCUT2D eigenvalue weighted by molar-refractivity contribution is 14.0. The SMILES string of the molecule is CCNC(=NCC(C)Oc1ccc(F)cc1)NCCCN1C(=O)C2C3C=CC(C3)C2C1=O.I. The molecule has 1 saturated heterocycles. The minimum atomic E-state index is -0.300. The van der Waals surface area contributed by atoms with E-state index < -0.39 is 0 Å². The summed E-state index contributed by atoms with van der Waals surface area (Å²) in [6.07, 6.45) is 5.66. The summed E-state index contributed by atoms with van der Waals surface area (Å²) in [6, 6.07) is 5.91. The molecule has 0 radical (unpaired) electrons. The number of hydrogen-bond acceptors (Lipinski definition) is 4. The van der Waals surface area contributed by atoms with Crippen LogP contribution in [0.2, 0.25) is 0 Å². The fourth-order valence-electron chi connectivity index (χ4n) is 4.97. The lowest BCUT2D eigenvalue weighted by molar-refractivity contribution is -0.140. The Morgan fingerprint density at radius 3 is 2.39 bits per heavy atom. The van der Waals surface area contributed by atoms with Gasteiger partial charge in [0.1, 0.15) is 17.7 Å². The van der Waals surface area contributed by atoms with Crippen molar-refractivity contribution in [1.82, 2.24) is 15.5 Å². The monoisotopic (exact) mass is 570 g/mol. The first-order valence-corrected chi connectivity index (χ1v) is 11.5. The van der Waals surface area contributed by atoms with Crippen molar-refractivity contribution in [1.29, 1.82) is 0 Å². The highest BCUT2D eigenvalue weighted by Crippen LogP contribution is 2.52. The average Bonchev–Trinajstić information content (AvgIpc) is 3.46. The summed E-state index contributed by atoms with van der Waals surface area (Å²) in [5.74, 6) is 1.19. The number of carbonyl (C=O) groups excluding carboxylic acids is 2. The molecule has 7 nitrogen and oxygen atoms in total. The van der Waals surface area contributed by atoms with Crippen LogP contribution in [0.15, 0.2) is 41.4 Å². The molecule has 5 atom stereocenters. The van der Waals surface area contributed by atoms with E-state index in [4.69, 9.17) is 4.74 Å². The average molecular weight is 570 g/mol. The molecule has 1 heterocycles. The molecule has 1 aromatic carbocycles. The summed E-state index contributed by atoms with van der Waals surface area (Å²) in [5.41, 5.74) is 0. The van der Waals surface area contributed by atoms with E-state index in [-0.39, 0.29) is 71.4 Å². The number of benzene rings is 1. The van der Waals surface area contributed by atoms with E-state index in [9.17, 15) is 14.0 Å². The van der Waals surface area contributed by atoms with Crippen LogP contribution in [0, 0.1) is 29.5 Å². The van der Waals surface area contributed by atoms with Crippen LogP contribution in [-0.2, 0) is 9.59 Å². The first kappa shape index (κ1) is 25.5. The van der Waals surface area contributed by atoms with E-state index in [0.717, 1.165) is 6.42 Å². The molecule has 0 spiro atoms. The molecule has 180 valence electrons. The summed E-state index contributed by atoms with van der Waals surface area (Å²) >= 11 is 0. The van der Waals surface area contributed by atoms with Crippen LogP contribution in [0.1, 0.15) is 26.7 Å². The number of nitrogens with one attached hydrogen (secondary N) is 2. The van der Waals surface area contributed by atoms with E-state index >= 15 is 0 Å². The second-order valence-electron chi connectivity index (χ2n) is 8.71. The van der Waals surface area contributed by atoms with Gasteiger partial charge in [0, 0.05) is 19.6 Å². The van der Waals surface area contributed by atoms with Crippen molar-refractivity contribution in [2.24, 2.45) is 28.7 Å². The van der Waals surface area contributed by atoms with Crippen LogP contribution in [0.25, 0.3) is 0 Å². The third kappa shape index (κ3) is 5.67. The number of fused-ring (bicyclic) bond motifs is 5. The van der Waals surface area contributed by atoms with Crippen LogP contribution in [0.4, 0.5) is 4.39 Å². The largest absolute Gasteiger partial charge is 0.489 e. The number of allylic oxidation sites excluding steroid dienone is 2. The highest BCUT2D eigenvalue weighted by atomic mass is 127. The molecule has 2 bridgehead atoms. The molecule has 2 N–H and O–H groups in total. The standard InChI is InChI=1S/C24H31FN4O3.HI/c1-3-26-24(28-14-15(2)32-19-9-7-18(25)8-10-19)27-11-4-12-29-22(30)20-16-5-6-17(13-16)21(20)23(29)31;/h5-10,15-17,20-21H,3-4,11-14H2,1-2H3,(H2,26,27,28);1H. The van der Waals surface area contributed by atoms with Crippen molar-refractivity contribution >= 4 is 41.8 Å². The maximum atomic E-state index is 13.0. The number of likely N-dealkylation sites (tertiary alicyclic amines) is 1. The van der Waals surface area contributed by atoms with Crippen molar-refractivity contribution in [2.45, 2.75) is 32.8 Å². The molecule has 1 aliphatic heterocycles. The Labute approximate surface area is 211 Å². The topological polar surface area (TPSA) is 83.0 Å². The molecule has 4 rings (SSSR count). The number of rotatable bonds is 9. The summed E-state index contributed by atoms with van der Waals surface area (Å²) in [6.45, 7) is 6.05.